The zero-order valence-electron chi connectivity index (χ0n) is 11.3. The molecule has 0 bridgehead atoms. The van der Waals surface area contributed by atoms with Crippen molar-refractivity contribution in [3.8, 4) is 0 Å². The lowest BCUT2D eigenvalue weighted by molar-refractivity contribution is 0.0690. The largest absolute Gasteiger partial charge is 0.477 e. The summed E-state index contributed by atoms with van der Waals surface area (Å²) >= 11 is 0. The quantitative estimate of drug-likeness (QED) is 0.851. The number of nitrogens with one attached hydrogen (secondary N) is 1. The van der Waals surface area contributed by atoms with Gasteiger partial charge in [0.2, 0.25) is 0 Å². The van der Waals surface area contributed by atoms with Gasteiger partial charge in [0, 0.05) is 19.1 Å². The summed E-state index contributed by atoms with van der Waals surface area (Å²) in [6.45, 7) is 5.19. The number of carbonyl (C=O) groups is 1. The summed E-state index contributed by atoms with van der Waals surface area (Å²) in [5.74, 6) is -0.363. The molecule has 0 aromatic carbocycles. The molecule has 0 amide bonds. The molecule has 2 heterocycles. The Morgan fingerprint density at radius 3 is 3.11 bits per heavy atom. The SMILES string of the molecule is CC1CCCCN1CCNc1cccc(C(=O)O)n1. The van der Waals surface area contributed by atoms with Crippen LogP contribution in [0.5, 0.6) is 0 Å². The lowest BCUT2D eigenvalue weighted by atomic mass is 10.0. The molecule has 0 spiro atoms. The average Bonchev–Trinajstić information content (AvgIpc) is 2.41. The second-order valence-corrected chi connectivity index (χ2v) is 5.02. The van der Waals surface area contributed by atoms with Crippen molar-refractivity contribution in [1.29, 1.82) is 0 Å². The van der Waals surface area contributed by atoms with Crippen molar-refractivity contribution in [3.63, 3.8) is 0 Å². The van der Waals surface area contributed by atoms with E-state index in [9.17, 15) is 4.79 Å². The maximum Gasteiger partial charge on any atom is 0.354 e. The Balaban J connectivity index is 1.82. The normalized spacial score (nSPS) is 20.2. The standard InChI is InChI=1S/C14H21N3O2/c1-11-5-2-3-9-17(11)10-8-15-13-7-4-6-12(16-13)14(18)19/h4,6-7,11H,2-3,5,8-10H2,1H3,(H,15,16)(H,18,19). The number of hydrogen-bond donors (Lipinski definition) is 2. The van der Waals surface area contributed by atoms with Crippen molar-refractivity contribution in [1.82, 2.24) is 9.88 Å². The van der Waals surface area contributed by atoms with E-state index in [4.69, 9.17) is 5.11 Å². The molecule has 1 fully saturated rings. The Labute approximate surface area is 113 Å². The second-order valence-electron chi connectivity index (χ2n) is 5.02. The van der Waals surface area contributed by atoms with Gasteiger partial charge < -0.3 is 10.4 Å². The van der Waals surface area contributed by atoms with E-state index in [1.54, 1.807) is 12.1 Å². The minimum atomic E-state index is -0.992. The van der Waals surface area contributed by atoms with E-state index >= 15 is 0 Å². The minimum Gasteiger partial charge on any atom is -0.477 e. The third kappa shape index (κ3) is 3.92. The number of piperidine rings is 1. The van der Waals surface area contributed by atoms with E-state index in [1.165, 1.54) is 25.3 Å². The first kappa shape index (κ1) is 13.8. The number of hydrogen-bond acceptors (Lipinski definition) is 4. The van der Waals surface area contributed by atoms with Crippen molar-refractivity contribution < 1.29 is 9.90 Å². The summed E-state index contributed by atoms with van der Waals surface area (Å²) < 4.78 is 0. The lowest BCUT2D eigenvalue weighted by Gasteiger charge is -2.33. The van der Waals surface area contributed by atoms with Crippen LogP contribution in [0.2, 0.25) is 0 Å². The maximum absolute atomic E-state index is 10.8. The summed E-state index contributed by atoms with van der Waals surface area (Å²) in [6, 6.07) is 5.66. The van der Waals surface area contributed by atoms with Gasteiger partial charge in [-0.2, -0.15) is 0 Å². The molecule has 1 saturated heterocycles. The summed E-state index contributed by atoms with van der Waals surface area (Å²) in [7, 11) is 0. The number of rotatable bonds is 5. The molecule has 0 radical (unpaired) electrons. The Bertz CT molecular complexity index is 436. The van der Waals surface area contributed by atoms with Crippen LogP contribution in [0.15, 0.2) is 18.2 Å². The van der Waals surface area contributed by atoms with Crippen LogP contribution >= 0.6 is 0 Å². The van der Waals surface area contributed by atoms with Crippen LogP contribution in [0.25, 0.3) is 0 Å². The number of pyridine rings is 1. The van der Waals surface area contributed by atoms with Crippen LogP contribution in [0.1, 0.15) is 36.7 Å². The molecule has 1 unspecified atom stereocenters. The van der Waals surface area contributed by atoms with Crippen LogP contribution in [0, 0.1) is 0 Å². The predicted octanol–water partition coefficient (Wildman–Crippen LogP) is 2.07. The highest BCUT2D eigenvalue weighted by Crippen LogP contribution is 2.15. The molecule has 5 nitrogen and oxygen atoms in total. The van der Waals surface area contributed by atoms with Gasteiger partial charge in [0.1, 0.15) is 5.82 Å². The molecule has 2 N–H and O–H groups in total. The predicted molar refractivity (Wildman–Crippen MR) is 74.6 cm³/mol. The van der Waals surface area contributed by atoms with Crippen LogP contribution in [0.3, 0.4) is 0 Å². The van der Waals surface area contributed by atoms with Crippen molar-refractivity contribution >= 4 is 11.8 Å². The summed E-state index contributed by atoms with van der Waals surface area (Å²) in [5.41, 5.74) is 0.0799. The second kappa shape index (κ2) is 6.52. The summed E-state index contributed by atoms with van der Waals surface area (Å²) in [4.78, 5) is 17.3. The van der Waals surface area contributed by atoms with Crippen molar-refractivity contribution in [2.75, 3.05) is 25.0 Å². The number of anilines is 1. The van der Waals surface area contributed by atoms with Crippen molar-refractivity contribution in [3.05, 3.63) is 23.9 Å². The fourth-order valence-electron chi connectivity index (χ4n) is 2.47. The molecule has 0 aliphatic carbocycles. The van der Waals surface area contributed by atoms with Gasteiger partial charge in [0.15, 0.2) is 5.69 Å². The van der Waals surface area contributed by atoms with Crippen LogP contribution < -0.4 is 5.32 Å². The third-order valence-electron chi connectivity index (χ3n) is 3.61. The van der Waals surface area contributed by atoms with E-state index in [0.29, 0.717) is 11.9 Å². The van der Waals surface area contributed by atoms with E-state index in [0.717, 1.165) is 19.6 Å². The Hall–Kier alpha value is -1.62. The molecule has 0 saturated carbocycles. The average molecular weight is 263 g/mol. The first-order chi connectivity index (χ1) is 9.16. The summed E-state index contributed by atoms with van der Waals surface area (Å²) in [5, 5.41) is 12.1. The third-order valence-corrected chi connectivity index (χ3v) is 3.61. The van der Waals surface area contributed by atoms with E-state index < -0.39 is 5.97 Å². The van der Waals surface area contributed by atoms with Crippen LogP contribution in [-0.2, 0) is 0 Å². The maximum atomic E-state index is 10.8. The molecule has 1 aromatic heterocycles. The van der Waals surface area contributed by atoms with Crippen molar-refractivity contribution in [2.45, 2.75) is 32.2 Å². The summed E-state index contributed by atoms with van der Waals surface area (Å²) in [6.07, 6.45) is 3.87. The topological polar surface area (TPSA) is 65.5 Å². The molecule has 1 aromatic rings. The fourth-order valence-corrected chi connectivity index (χ4v) is 2.47. The number of aromatic carboxylic acids is 1. The van der Waals surface area contributed by atoms with E-state index in [2.05, 4.69) is 22.1 Å². The van der Waals surface area contributed by atoms with Gasteiger partial charge in [-0.1, -0.05) is 12.5 Å². The molecule has 5 heteroatoms. The van der Waals surface area contributed by atoms with Gasteiger partial charge in [0.25, 0.3) is 0 Å². The van der Waals surface area contributed by atoms with E-state index in [-0.39, 0.29) is 5.69 Å². The smallest absolute Gasteiger partial charge is 0.354 e. The van der Waals surface area contributed by atoms with Crippen LogP contribution in [0.4, 0.5) is 5.82 Å². The number of aromatic nitrogens is 1. The number of nitrogens with zero attached hydrogens (tertiary/aromatic N) is 2. The number of carboxylic acids is 1. The van der Waals surface area contributed by atoms with E-state index in [1.807, 2.05) is 0 Å². The molecule has 1 aliphatic heterocycles. The van der Waals surface area contributed by atoms with Gasteiger partial charge in [-0.3, -0.25) is 4.90 Å². The molecule has 104 valence electrons. The van der Waals surface area contributed by atoms with Crippen LogP contribution in [-0.4, -0.2) is 46.6 Å². The molecule has 1 atom stereocenters. The molecule has 19 heavy (non-hydrogen) atoms. The van der Waals surface area contributed by atoms with Gasteiger partial charge in [-0.05, 0) is 38.4 Å². The van der Waals surface area contributed by atoms with Crippen molar-refractivity contribution in [2.24, 2.45) is 0 Å². The van der Waals surface area contributed by atoms with Gasteiger partial charge in [0.05, 0.1) is 0 Å². The van der Waals surface area contributed by atoms with Gasteiger partial charge in [-0.25, -0.2) is 9.78 Å². The minimum absolute atomic E-state index is 0.0799. The van der Waals surface area contributed by atoms with Gasteiger partial charge >= 0.3 is 5.97 Å². The Kier molecular flexibility index (Phi) is 4.74. The highest BCUT2D eigenvalue weighted by Gasteiger charge is 2.17. The number of carboxylic acid groups (broad SMARTS) is 1. The molecular formula is C14H21N3O2. The number of likely N-dealkylation sites (tertiary alicyclic amines) is 1. The highest BCUT2D eigenvalue weighted by atomic mass is 16.4. The monoisotopic (exact) mass is 263 g/mol. The first-order valence-electron chi connectivity index (χ1n) is 6.85. The zero-order valence-corrected chi connectivity index (χ0v) is 11.3. The molecular weight excluding hydrogens is 242 g/mol. The molecule has 2 rings (SSSR count). The Morgan fingerprint density at radius 1 is 1.53 bits per heavy atom. The lowest BCUT2D eigenvalue weighted by Crippen LogP contribution is -2.40. The van der Waals surface area contributed by atoms with Gasteiger partial charge in [-0.15, -0.1) is 0 Å². The Morgan fingerprint density at radius 2 is 2.37 bits per heavy atom. The first-order valence-corrected chi connectivity index (χ1v) is 6.85. The zero-order chi connectivity index (χ0) is 13.7. The fraction of sp³-hybridized carbons (Fsp3) is 0.571. The molecule has 1 aliphatic rings. The highest BCUT2D eigenvalue weighted by molar-refractivity contribution is 5.85.